The second kappa shape index (κ2) is 6.53. The Morgan fingerprint density at radius 3 is 2.90 bits per heavy atom. The maximum atomic E-state index is 11.9. The lowest BCUT2D eigenvalue weighted by molar-refractivity contribution is -0.148. The number of nitrogens with one attached hydrogen (secondary N) is 1. The number of carbonyl (C=O) groups is 1. The number of thioether (sulfide) groups is 1. The Labute approximate surface area is 122 Å². The van der Waals surface area contributed by atoms with Crippen molar-refractivity contribution in [3.63, 3.8) is 0 Å². The molecule has 1 atom stereocenters. The molecule has 0 bridgehead atoms. The molecule has 1 aliphatic carbocycles. The van der Waals surface area contributed by atoms with Crippen LogP contribution in [0.15, 0.2) is 5.16 Å². The fourth-order valence-electron chi connectivity index (χ4n) is 2.07. The van der Waals surface area contributed by atoms with Crippen molar-refractivity contribution in [3.8, 4) is 0 Å². The summed E-state index contributed by atoms with van der Waals surface area (Å²) in [7, 11) is 3.25. The van der Waals surface area contributed by atoms with E-state index in [2.05, 4.69) is 20.8 Å². The van der Waals surface area contributed by atoms with Crippen LogP contribution in [0.2, 0.25) is 0 Å². The number of carbonyl (C=O) groups excluding carboxylic acids is 1. The Balaban J connectivity index is 1.79. The molecule has 1 unspecified atom stereocenters. The van der Waals surface area contributed by atoms with E-state index in [1.54, 1.807) is 16.4 Å². The van der Waals surface area contributed by atoms with E-state index in [1.165, 1.54) is 7.11 Å². The minimum absolute atomic E-state index is 0.185. The van der Waals surface area contributed by atoms with Gasteiger partial charge in [-0.25, -0.2) is 4.68 Å². The van der Waals surface area contributed by atoms with Crippen LogP contribution in [0.25, 0.3) is 0 Å². The van der Waals surface area contributed by atoms with Gasteiger partial charge in [0.1, 0.15) is 5.54 Å². The average molecular weight is 299 g/mol. The Kier molecular flexibility index (Phi) is 4.98. The highest BCUT2D eigenvalue weighted by Crippen LogP contribution is 2.26. The quantitative estimate of drug-likeness (QED) is 0.431. The molecule has 1 aliphatic rings. The van der Waals surface area contributed by atoms with Crippen molar-refractivity contribution in [2.24, 2.45) is 7.05 Å². The summed E-state index contributed by atoms with van der Waals surface area (Å²) in [6, 6.07) is 0.467. The molecule has 1 saturated carbocycles. The van der Waals surface area contributed by atoms with Crippen molar-refractivity contribution in [2.45, 2.75) is 49.3 Å². The molecule has 0 radical (unpaired) electrons. The van der Waals surface area contributed by atoms with Crippen LogP contribution in [-0.2, 0) is 16.6 Å². The molecule has 8 heteroatoms. The van der Waals surface area contributed by atoms with Gasteiger partial charge in [0.2, 0.25) is 5.16 Å². The van der Waals surface area contributed by atoms with Gasteiger partial charge in [-0.2, -0.15) is 0 Å². The van der Waals surface area contributed by atoms with Crippen molar-refractivity contribution in [1.29, 1.82) is 0 Å². The van der Waals surface area contributed by atoms with Crippen LogP contribution < -0.4 is 5.32 Å². The number of aryl methyl sites for hydroxylation is 1. The summed E-state index contributed by atoms with van der Waals surface area (Å²) in [5, 5.41) is 15.5. The van der Waals surface area contributed by atoms with Crippen molar-refractivity contribution in [2.75, 3.05) is 12.9 Å². The number of methoxy groups -OCH3 is 1. The first-order chi connectivity index (χ1) is 9.55. The fourth-order valence-corrected chi connectivity index (χ4v) is 2.86. The Morgan fingerprint density at radius 1 is 1.60 bits per heavy atom. The molecule has 1 N–H and O–H groups in total. The van der Waals surface area contributed by atoms with Gasteiger partial charge in [0.25, 0.3) is 0 Å². The van der Waals surface area contributed by atoms with Gasteiger partial charge < -0.3 is 4.74 Å². The molecular weight excluding hydrogens is 278 g/mol. The predicted molar refractivity (Wildman–Crippen MR) is 75.3 cm³/mol. The summed E-state index contributed by atoms with van der Waals surface area (Å²) in [6.07, 6.45) is 3.93. The van der Waals surface area contributed by atoms with E-state index in [0.29, 0.717) is 6.04 Å². The second-order valence-electron chi connectivity index (χ2n) is 5.28. The van der Waals surface area contributed by atoms with Crippen molar-refractivity contribution in [1.82, 2.24) is 25.5 Å². The lowest BCUT2D eigenvalue weighted by atomic mass is 9.96. The summed E-state index contributed by atoms with van der Waals surface area (Å²) in [6.45, 7) is 1.92. The maximum absolute atomic E-state index is 11.9. The van der Waals surface area contributed by atoms with Crippen molar-refractivity contribution in [3.05, 3.63) is 0 Å². The first kappa shape index (κ1) is 15.2. The van der Waals surface area contributed by atoms with E-state index in [0.717, 1.165) is 36.6 Å². The zero-order valence-electron chi connectivity index (χ0n) is 12.1. The first-order valence-electron chi connectivity index (χ1n) is 6.76. The van der Waals surface area contributed by atoms with Crippen molar-refractivity contribution < 1.29 is 9.53 Å². The number of hydrogen-bond donors (Lipinski definition) is 1. The number of rotatable bonds is 8. The number of ether oxygens (including phenoxy) is 1. The molecule has 0 saturated heterocycles. The van der Waals surface area contributed by atoms with E-state index < -0.39 is 5.54 Å². The molecule has 1 heterocycles. The lowest BCUT2D eigenvalue weighted by Crippen LogP contribution is -2.51. The lowest BCUT2D eigenvalue weighted by Gasteiger charge is -2.28. The number of nitrogens with zero attached hydrogens (tertiary/aromatic N) is 4. The topological polar surface area (TPSA) is 81.9 Å². The standard InChI is InChI=1S/C12H21N5O2S/c1-12(10(18)19-3,13-9-5-6-9)7-4-8-20-11-14-15-16-17(11)2/h9,13H,4-8H2,1-3H3. The molecule has 1 aromatic rings. The van der Waals surface area contributed by atoms with Gasteiger partial charge in [0.05, 0.1) is 7.11 Å². The summed E-state index contributed by atoms with van der Waals surface area (Å²) in [4.78, 5) is 11.9. The van der Waals surface area contributed by atoms with Crippen LogP contribution in [0.1, 0.15) is 32.6 Å². The second-order valence-corrected chi connectivity index (χ2v) is 6.34. The monoisotopic (exact) mass is 299 g/mol. The fraction of sp³-hybridized carbons (Fsp3) is 0.833. The van der Waals surface area contributed by atoms with Crippen molar-refractivity contribution >= 4 is 17.7 Å². The van der Waals surface area contributed by atoms with Crippen LogP contribution in [-0.4, -0.2) is 50.6 Å². The summed E-state index contributed by atoms with van der Waals surface area (Å²) < 4.78 is 6.57. The molecule has 0 amide bonds. The van der Waals surface area contributed by atoms with Gasteiger partial charge in [-0.15, -0.1) is 5.10 Å². The molecule has 1 fully saturated rings. The molecule has 20 heavy (non-hydrogen) atoms. The Hall–Kier alpha value is -1.15. The number of esters is 1. The van der Waals surface area contributed by atoms with Crippen LogP contribution in [0.3, 0.4) is 0 Å². The van der Waals surface area contributed by atoms with Gasteiger partial charge in [-0.3, -0.25) is 10.1 Å². The first-order valence-corrected chi connectivity index (χ1v) is 7.75. The van der Waals surface area contributed by atoms with E-state index in [-0.39, 0.29) is 5.97 Å². The molecule has 2 rings (SSSR count). The summed E-state index contributed by atoms with van der Waals surface area (Å²) in [5.41, 5.74) is -0.589. The van der Waals surface area contributed by atoms with Crippen LogP contribution in [0.5, 0.6) is 0 Å². The number of aromatic nitrogens is 4. The average Bonchev–Trinajstić information content (AvgIpc) is 3.14. The van der Waals surface area contributed by atoms with Gasteiger partial charge in [0.15, 0.2) is 0 Å². The largest absolute Gasteiger partial charge is 0.468 e. The van der Waals surface area contributed by atoms with Crippen LogP contribution >= 0.6 is 11.8 Å². The molecule has 0 aromatic carbocycles. The third-order valence-corrected chi connectivity index (χ3v) is 4.47. The highest BCUT2D eigenvalue weighted by atomic mass is 32.2. The highest BCUT2D eigenvalue weighted by molar-refractivity contribution is 7.99. The van der Waals surface area contributed by atoms with Gasteiger partial charge in [-0.1, -0.05) is 11.8 Å². The van der Waals surface area contributed by atoms with E-state index in [4.69, 9.17) is 4.74 Å². The number of tetrazole rings is 1. The van der Waals surface area contributed by atoms with Gasteiger partial charge in [-0.05, 0) is 43.0 Å². The number of hydrogen-bond acceptors (Lipinski definition) is 7. The Bertz CT molecular complexity index is 462. The third-order valence-electron chi connectivity index (χ3n) is 3.37. The van der Waals surface area contributed by atoms with E-state index >= 15 is 0 Å². The van der Waals surface area contributed by atoms with E-state index in [9.17, 15) is 4.79 Å². The molecule has 112 valence electrons. The van der Waals surface area contributed by atoms with Crippen LogP contribution in [0, 0.1) is 0 Å². The third kappa shape index (κ3) is 3.92. The zero-order chi connectivity index (χ0) is 14.6. The molecular formula is C12H21N5O2S. The minimum atomic E-state index is -0.589. The van der Waals surface area contributed by atoms with Gasteiger partial charge >= 0.3 is 5.97 Å². The molecule has 7 nitrogen and oxygen atoms in total. The minimum Gasteiger partial charge on any atom is -0.468 e. The molecule has 0 aliphatic heterocycles. The summed E-state index contributed by atoms with van der Waals surface area (Å²) >= 11 is 1.60. The van der Waals surface area contributed by atoms with Gasteiger partial charge in [0, 0.05) is 18.8 Å². The predicted octanol–water partition coefficient (Wildman–Crippen LogP) is 0.766. The highest BCUT2D eigenvalue weighted by Gasteiger charge is 2.38. The molecule has 1 aromatic heterocycles. The molecule has 0 spiro atoms. The zero-order valence-corrected chi connectivity index (χ0v) is 12.9. The maximum Gasteiger partial charge on any atom is 0.325 e. The summed E-state index contributed by atoms with van der Waals surface area (Å²) in [5.74, 6) is 0.683. The van der Waals surface area contributed by atoms with E-state index in [1.807, 2.05) is 14.0 Å². The SMILES string of the molecule is COC(=O)C(C)(CCCSc1nnnn1C)NC1CC1. The Morgan fingerprint density at radius 2 is 2.35 bits per heavy atom. The normalized spacial score (nSPS) is 17.8. The van der Waals surface area contributed by atoms with Crippen LogP contribution in [0.4, 0.5) is 0 Å². The smallest absolute Gasteiger partial charge is 0.325 e.